The number of alkyl halides is 1. The van der Waals surface area contributed by atoms with Gasteiger partial charge in [-0.3, -0.25) is 4.79 Å². The first kappa shape index (κ1) is 13.1. The van der Waals surface area contributed by atoms with Gasteiger partial charge in [-0.05, 0) is 18.6 Å². The molecule has 1 amide bonds. The van der Waals surface area contributed by atoms with Crippen LogP contribution in [0.5, 0.6) is 0 Å². The van der Waals surface area contributed by atoms with Crippen LogP contribution in [0.25, 0.3) is 5.70 Å². The summed E-state index contributed by atoms with van der Waals surface area (Å²) in [6.07, 6.45) is 2.57. The minimum atomic E-state index is -0.446. The molecule has 2 nitrogen and oxygen atoms in total. The molecule has 5 heteroatoms. The SMILES string of the molecule is CN1C(=O)C(Cl)CC=C1c1ccc(Br)cc1Br. The third-order valence-corrected chi connectivity index (χ3v) is 4.20. The van der Waals surface area contributed by atoms with Crippen LogP contribution in [-0.4, -0.2) is 23.2 Å². The Bertz CT molecular complexity index is 501. The van der Waals surface area contributed by atoms with Gasteiger partial charge in [0, 0.05) is 27.3 Å². The van der Waals surface area contributed by atoms with Gasteiger partial charge in [0.2, 0.25) is 5.91 Å². The molecular weight excluding hydrogens is 369 g/mol. The minimum absolute atomic E-state index is 0.0565. The first-order chi connectivity index (χ1) is 8.00. The van der Waals surface area contributed by atoms with Crippen molar-refractivity contribution in [3.8, 4) is 0 Å². The fourth-order valence-corrected chi connectivity index (χ4v) is 3.26. The van der Waals surface area contributed by atoms with Crippen molar-refractivity contribution in [1.82, 2.24) is 4.90 Å². The van der Waals surface area contributed by atoms with Crippen molar-refractivity contribution in [2.45, 2.75) is 11.8 Å². The fourth-order valence-electron chi connectivity index (χ4n) is 1.77. The second-order valence-corrected chi connectivity index (χ2v) is 6.11. The summed E-state index contributed by atoms with van der Waals surface area (Å²) in [6, 6.07) is 5.88. The van der Waals surface area contributed by atoms with Crippen LogP contribution in [0.1, 0.15) is 12.0 Å². The third-order valence-electron chi connectivity index (χ3n) is 2.69. The number of benzene rings is 1. The number of halogens is 3. The van der Waals surface area contributed by atoms with Gasteiger partial charge in [-0.1, -0.05) is 44.0 Å². The predicted molar refractivity (Wildman–Crippen MR) is 76.8 cm³/mol. The van der Waals surface area contributed by atoms with Gasteiger partial charge in [0.1, 0.15) is 5.38 Å². The first-order valence-corrected chi connectivity index (χ1v) is 7.10. The molecule has 0 saturated heterocycles. The lowest BCUT2D eigenvalue weighted by molar-refractivity contribution is -0.126. The van der Waals surface area contributed by atoms with Gasteiger partial charge >= 0.3 is 0 Å². The Morgan fingerprint density at radius 2 is 2.12 bits per heavy atom. The molecule has 0 aromatic heterocycles. The maximum absolute atomic E-state index is 11.8. The molecule has 1 aliphatic rings. The highest BCUT2D eigenvalue weighted by Gasteiger charge is 2.27. The molecule has 0 fully saturated rings. The third kappa shape index (κ3) is 2.59. The molecule has 0 radical (unpaired) electrons. The number of hydrogen-bond donors (Lipinski definition) is 0. The van der Waals surface area contributed by atoms with Crippen LogP contribution in [0.4, 0.5) is 0 Å². The number of amides is 1. The highest BCUT2D eigenvalue weighted by molar-refractivity contribution is 9.11. The van der Waals surface area contributed by atoms with Gasteiger partial charge in [-0.25, -0.2) is 0 Å². The Labute approximate surface area is 122 Å². The maximum Gasteiger partial charge on any atom is 0.245 e. The van der Waals surface area contributed by atoms with Crippen molar-refractivity contribution in [2.75, 3.05) is 7.05 Å². The van der Waals surface area contributed by atoms with Gasteiger partial charge < -0.3 is 4.90 Å². The van der Waals surface area contributed by atoms with E-state index in [9.17, 15) is 4.79 Å². The summed E-state index contributed by atoms with van der Waals surface area (Å²) in [5, 5.41) is -0.446. The molecule has 0 N–H and O–H groups in total. The summed E-state index contributed by atoms with van der Waals surface area (Å²) in [4.78, 5) is 13.4. The van der Waals surface area contributed by atoms with E-state index >= 15 is 0 Å². The standard InChI is InChI=1S/C12H10Br2ClNO/c1-16-11(5-4-10(15)12(16)17)8-3-2-7(13)6-9(8)14/h2-3,5-6,10H,4H2,1H3. The van der Waals surface area contributed by atoms with E-state index in [0.29, 0.717) is 6.42 Å². The van der Waals surface area contributed by atoms with E-state index < -0.39 is 5.38 Å². The molecule has 1 unspecified atom stereocenters. The Morgan fingerprint density at radius 3 is 2.76 bits per heavy atom. The van der Waals surface area contributed by atoms with Crippen LogP contribution >= 0.6 is 43.5 Å². The van der Waals surface area contributed by atoms with Crippen LogP contribution in [0.15, 0.2) is 33.2 Å². The monoisotopic (exact) mass is 377 g/mol. The number of allylic oxidation sites excluding steroid dienone is 1. The molecule has 0 spiro atoms. The fraction of sp³-hybridized carbons (Fsp3) is 0.250. The molecule has 1 aliphatic heterocycles. The Morgan fingerprint density at radius 1 is 1.41 bits per heavy atom. The molecule has 0 bridgehead atoms. The van der Waals surface area contributed by atoms with Crippen LogP contribution in [0, 0.1) is 0 Å². The number of nitrogens with zero attached hydrogens (tertiary/aromatic N) is 1. The Kier molecular flexibility index (Phi) is 3.95. The summed E-state index contributed by atoms with van der Waals surface area (Å²) in [5.41, 5.74) is 1.89. The average molecular weight is 379 g/mol. The topological polar surface area (TPSA) is 20.3 Å². The number of rotatable bonds is 1. The molecule has 2 rings (SSSR count). The summed E-state index contributed by atoms with van der Waals surface area (Å²) in [7, 11) is 1.75. The van der Waals surface area contributed by atoms with Crippen molar-refractivity contribution >= 4 is 55.1 Å². The van der Waals surface area contributed by atoms with E-state index in [1.54, 1.807) is 11.9 Å². The molecule has 90 valence electrons. The molecule has 0 aliphatic carbocycles. The largest absolute Gasteiger partial charge is 0.314 e. The summed E-state index contributed by atoms with van der Waals surface area (Å²) in [5.74, 6) is -0.0565. The highest BCUT2D eigenvalue weighted by atomic mass is 79.9. The lowest BCUT2D eigenvalue weighted by Gasteiger charge is -2.28. The first-order valence-electron chi connectivity index (χ1n) is 5.08. The van der Waals surface area contributed by atoms with Crippen molar-refractivity contribution in [3.63, 3.8) is 0 Å². The molecule has 0 saturated carbocycles. The van der Waals surface area contributed by atoms with Crippen LogP contribution in [-0.2, 0) is 4.79 Å². The van der Waals surface area contributed by atoms with Gasteiger partial charge in [-0.15, -0.1) is 11.6 Å². The van der Waals surface area contributed by atoms with Crippen molar-refractivity contribution < 1.29 is 4.79 Å². The summed E-state index contributed by atoms with van der Waals surface area (Å²) >= 11 is 12.8. The number of carbonyl (C=O) groups is 1. The van der Waals surface area contributed by atoms with E-state index in [1.807, 2.05) is 24.3 Å². The second kappa shape index (κ2) is 5.12. The maximum atomic E-state index is 11.8. The second-order valence-electron chi connectivity index (χ2n) is 3.81. The van der Waals surface area contributed by atoms with Gasteiger partial charge in [0.25, 0.3) is 0 Å². The predicted octanol–water partition coefficient (Wildman–Crippen LogP) is 4.02. The van der Waals surface area contributed by atoms with Crippen LogP contribution < -0.4 is 0 Å². The molecular formula is C12H10Br2ClNO. The summed E-state index contributed by atoms with van der Waals surface area (Å²) < 4.78 is 1.94. The molecule has 1 atom stereocenters. The van der Waals surface area contributed by atoms with E-state index in [4.69, 9.17) is 11.6 Å². The molecule has 1 heterocycles. The van der Waals surface area contributed by atoms with Gasteiger partial charge in [0.05, 0.1) is 0 Å². The van der Waals surface area contributed by atoms with E-state index in [-0.39, 0.29) is 5.91 Å². The van der Waals surface area contributed by atoms with E-state index in [1.165, 1.54) is 0 Å². The molecule has 1 aromatic rings. The molecule has 1 aromatic carbocycles. The summed E-state index contributed by atoms with van der Waals surface area (Å²) in [6.45, 7) is 0. The molecule has 17 heavy (non-hydrogen) atoms. The Balaban J connectivity index is 2.43. The highest BCUT2D eigenvalue weighted by Crippen LogP contribution is 2.32. The van der Waals surface area contributed by atoms with Crippen LogP contribution in [0.2, 0.25) is 0 Å². The zero-order valence-electron chi connectivity index (χ0n) is 9.08. The Hall–Kier alpha value is -0.320. The van der Waals surface area contributed by atoms with Crippen molar-refractivity contribution in [3.05, 3.63) is 38.8 Å². The van der Waals surface area contributed by atoms with Crippen LogP contribution in [0.3, 0.4) is 0 Å². The smallest absolute Gasteiger partial charge is 0.245 e. The lowest BCUT2D eigenvalue weighted by atomic mass is 10.0. The lowest BCUT2D eigenvalue weighted by Crippen LogP contribution is -2.35. The van der Waals surface area contributed by atoms with E-state index in [2.05, 4.69) is 31.9 Å². The quantitative estimate of drug-likeness (QED) is 0.675. The van der Waals surface area contributed by atoms with Crippen molar-refractivity contribution in [2.24, 2.45) is 0 Å². The van der Waals surface area contributed by atoms with Crippen molar-refractivity contribution in [1.29, 1.82) is 0 Å². The van der Waals surface area contributed by atoms with Gasteiger partial charge in [-0.2, -0.15) is 0 Å². The average Bonchev–Trinajstić information content (AvgIpc) is 2.28. The van der Waals surface area contributed by atoms with Gasteiger partial charge in [0.15, 0.2) is 0 Å². The zero-order valence-corrected chi connectivity index (χ0v) is 13.0. The normalized spacial score (nSPS) is 20.5. The zero-order chi connectivity index (χ0) is 12.6. The minimum Gasteiger partial charge on any atom is -0.314 e. The number of carbonyl (C=O) groups excluding carboxylic acids is 1. The number of hydrogen-bond acceptors (Lipinski definition) is 1. The van der Waals surface area contributed by atoms with E-state index in [0.717, 1.165) is 20.2 Å².